The lowest BCUT2D eigenvalue weighted by atomic mass is 10.0. The molecular formula is C18H19N5O4. The zero-order valence-electron chi connectivity index (χ0n) is 14.9. The number of aromatic nitrogens is 1. The Morgan fingerprint density at radius 3 is 2.67 bits per heavy atom. The number of carbonyl (C=O) groups is 2. The Balaban J connectivity index is 2.25. The van der Waals surface area contributed by atoms with Gasteiger partial charge in [-0.3, -0.25) is 19.7 Å². The van der Waals surface area contributed by atoms with E-state index < -0.39 is 22.8 Å². The van der Waals surface area contributed by atoms with Gasteiger partial charge in [-0.25, -0.2) is 4.98 Å². The molecule has 1 atom stereocenters. The molecule has 1 aromatic carbocycles. The van der Waals surface area contributed by atoms with Crippen LogP contribution in [0.2, 0.25) is 0 Å². The van der Waals surface area contributed by atoms with Crippen molar-refractivity contribution >= 4 is 28.4 Å². The number of nitriles is 1. The van der Waals surface area contributed by atoms with Crippen molar-refractivity contribution in [3.8, 4) is 6.07 Å². The van der Waals surface area contributed by atoms with E-state index in [0.717, 1.165) is 0 Å². The maximum atomic E-state index is 12.5. The van der Waals surface area contributed by atoms with Gasteiger partial charge in [-0.1, -0.05) is 19.9 Å². The molecule has 0 aliphatic heterocycles. The third-order valence-corrected chi connectivity index (χ3v) is 3.81. The van der Waals surface area contributed by atoms with E-state index in [2.05, 4.69) is 15.6 Å². The van der Waals surface area contributed by atoms with Crippen LogP contribution in [0, 0.1) is 27.4 Å². The van der Waals surface area contributed by atoms with Gasteiger partial charge < -0.3 is 10.6 Å². The zero-order chi connectivity index (χ0) is 20.0. The molecule has 0 aliphatic carbocycles. The van der Waals surface area contributed by atoms with E-state index in [4.69, 9.17) is 5.26 Å². The summed E-state index contributed by atoms with van der Waals surface area (Å²) in [6.45, 7) is 3.66. The van der Waals surface area contributed by atoms with Crippen LogP contribution in [0.25, 0.3) is 10.9 Å². The molecule has 0 radical (unpaired) electrons. The van der Waals surface area contributed by atoms with Crippen LogP contribution in [0.4, 0.5) is 5.69 Å². The van der Waals surface area contributed by atoms with Crippen molar-refractivity contribution in [2.75, 3.05) is 6.54 Å². The van der Waals surface area contributed by atoms with E-state index in [1.807, 2.05) is 19.9 Å². The molecule has 0 spiro atoms. The van der Waals surface area contributed by atoms with Crippen molar-refractivity contribution in [1.29, 1.82) is 5.26 Å². The highest BCUT2D eigenvalue weighted by Gasteiger charge is 2.23. The average molecular weight is 369 g/mol. The van der Waals surface area contributed by atoms with E-state index >= 15 is 0 Å². The Morgan fingerprint density at radius 2 is 2.04 bits per heavy atom. The Morgan fingerprint density at radius 1 is 1.30 bits per heavy atom. The van der Waals surface area contributed by atoms with Crippen molar-refractivity contribution in [1.82, 2.24) is 15.6 Å². The van der Waals surface area contributed by atoms with Crippen molar-refractivity contribution in [3.63, 3.8) is 0 Å². The molecular weight excluding hydrogens is 350 g/mol. The monoisotopic (exact) mass is 369 g/mol. The summed E-state index contributed by atoms with van der Waals surface area (Å²) >= 11 is 0. The molecule has 2 rings (SSSR count). The molecule has 0 saturated carbocycles. The van der Waals surface area contributed by atoms with Crippen LogP contribution in [0.1, 0.15) is 30.8 Å². The van der Waals surface area contributed by atoms with E-state index in [9.17, 15) is 19.7 Å². The summed E-state index contributed by atoms with van der Waals surface area (Å²) in [7, 11) is 0. The number of pyridine rings is 1. The third-order valence-electron chi connectivity index (χ3n) is 3.81. The fourth-order valence-corrected chi connectivity index (χ4v) is 2.61. The van der Waals surface area contributed by atoms with Crippen LogP contribution in [0.5, 0.6) is 0 Å². The number of non-ortho nitro benzene ring substituents is 1. The lowest BCUT2D eigenvalue weighted by Crippen LogP contribution is -2.47. The van der Waals surface area contributed by atoms with Crippen LogP contribution in [0.15, 0.2) is 30.3 Å². The summed E-state index contributed by atoms with van der Waals surface area (Å²) in [5, 5.41) is 25.0. The Labute approximate surface area is 155 Å². The lowest BCUT2D eigenvalue weighted by molar-refractivity contribution is -0.383. The van der Waals surface area contributed by atoms with E-state index in [0.29, 0.717) is 17.3 Å². The minimum Gasteiger partial charge on any atom is -0.341 e. The number of benzene rings is 1. The van der Waals surface area contributed by atoms with Crippen molar-refractivity contribution in [2.24, 2.45) is 5.92 Å². The summed E-state index contributed by atoms with van der Waals surface area (Å²) in [5.41, 5.74) is 0.261. The fraction of sp³-hybridized carbons (Fsp3) is 0.333. The zero-order valence-corrected chi connectivity index (χ0v) is 14.9. The molecule has 0 fully saturated rings. The van der Waals surface area contributed by atoms with Gasteiger partial charge in [0, 0.05) is 6.07 Å². The van der Waals surface area contributed by atoms with Gasteiger partial charge in [-0.15, -0.1) is 0 Å². The Kier molecular flexibility index (Phi) is 6.38. The van der Waals surface area contributed by atoms with Crippen molar-refractivity contribution < 1.29 is 14.5 Å². The number of nitro groups is 1. The maximum absolute atomic E-state index is 12.5. The Bertz CT molecular complexity index is 920. The normalized spacial score (nSPS) is 11.6. The first-order chi connectivity index (χ1) is 12.8. The third kappa shape index (κ3) is 4.98. The molecule has 1 heterocycles. The summed E-state index contributed by atoms with van der Waals surface area (Å²) in [6.07, 6.45) is 0.391. The van der Waals surface area contributed by atoms with Crippen LogP contribution in [-0.2, 0) is 4.79 Å². The number of rotatable bonds is 7. The van der Waals surface area contributed by atoms with Crippen LogP contribution < -0.4 is 10.6 Å². The summed E-state index contributed by atoms with van der Waals surface area (Å²) in [4.78, 5) is 39.4. The SMILES string of the molecule is CC(C)C[C@H](NC(=O)c1ccc2c([N+](=O)[O-])cccc2n1)C(=O)NCC#N. The second-order valence-corrected chi connectivity index (χ2v) is 6.33. The summed E-state index contributed by atoms with van der Waals surface area (Å²) in [5.74, 6) is -0.883. The van der Waals surface area contributed by atoms with E-state index in [1.54, 1.807) is 6.07 Å². The minimum absolute atomic E-state index is 0.0461. The maximum Gasteiger partial charge on any atom is 0.278 e. The van der Waals surface area contributed by atoms with Crippen LogP contribution >= 0.6 is 0 Å². The molecule has 9 heteroatoms. The number of nitrogens with one attached hydrogen (secondary N) is 2. The molecule has 0 aliphatic rings. The van der Waals surface area contributed by atoms with Gasteiger partial charge in [0.1, 0.15) is 18.3 Å². The predicted octanol–water partition coefficient (Wildman–Crippen LogP) is 1.93. The molecule has 27 heavy (non-hydrogen) atoms. The van der Waals surface area contributed by atoms with Gasteiger partial charge in [-0.2, -0.15) is 5.26 Å². The van der Waals surface area contributed by atoms with Gasteiger partial charge in [0.15, 0.2) is 0 Å². The highest BCUT2D eigenvalue weighted by molar-refractivity contribution is 5.98. The van der Waals surface area contributed by atoms with Gasteiger partial charge in [0.2, 0.25) is 5.91 Å². The first-order valence-corrected chi connectivity index (χ1v) is 8.33. The topological polar surface area (TPSA) is 138 Å². The fourth-order valence-electron chi connectivity index (χ4n) is 2.61. The number of hydrogen-bond donors (Lipinski definition) is 2. The molecule has 2 aromatic rings. The lowest BCUT2D eigenvalue weighted by Gasteiger charge is -2.19. The number of nitrogens with zero attached hydrogens (tertiary/aromatic N) is 3. The number of nitro benzene ring substituents is 1. The average Bonchev–Trinajstić information content (AvgIpc) is 2.63. The number of amides is 2. The Hall–Kier alpha value is -3.54. The largest absolute Gasteiger partial charge is 0.341 e. The highest BCUT2D eigenvalue weighted by atomic mass is 16.6. The quantitative estimate of drug-likeness (QED) is 0.434. The van der Waals surface area contributed by atoms with Gasteiger partial charge in [-0.05, 0) is 30.5 Å². The highest BCUT2D eigenvalue weighted by Crippen LogP contribution is 2.24. The van der Waals surface area contributed by atoms with Crippen molar-refractivity contribution in [2.45, 2.75) is 26.3 Å². The van der Waals surface area contributed by atoms with Crippen molar-refractivity contribution in [3.05, 3.63) is 46.1 Å². The second-order valence-electron chi connectivity index (χ2n) is 6.33. The van der Waals surface area contributed by atoms with Gasteiger partial charge in [0.05, 0.1) is 21.9 Å². The standard InChI is InChI=1S/C18H19N5O4/c1-11(2)10-15(17(24)20-9-8-19)22-18(25)14-7-6-12-13(21-14)4-3-5-16(12)23(26)27/h3-7,11,15H,9-10H2,1-2H3,(H,20,24)(H,22,25)/t15-/m0/s1. The second kappa shape index (κ2) is 8.71. The number of fused-ring (bicyclic) bond motifs is 1. The molecule has 1 aromatic heterocycles. The molecule has 2 N–H and O–H groups in total. The molecule has 0 saturated heterocycles. The summed E-state index contributed by atoms with van der Waals surface area (Å²) in [6, 6.07) is 8.27. The molecule has 0 bridgehead atoms. The number of hydrogen-bond acceptors (Lipinski definition) is 6. The first kappa shape index (κ1) is 19.8. The van der Waals surface area contributed by atoms with E-state index in [-0.39, 0.29) is 23.8 Å². The number of carbonyl (C=O) groups excluding carboxylic acids is 2. The molecule has 0 unspecified atom stereocenters. The molecule has 140 valence electrons. The molecule has 9 nitrogen and oxygen atoms in total. The van der Waals surface area contributed by atoms with Gasteiger partial charge >= 0.3 is 0 Å². The summed E-state index contributed by atoms with van der Waals surface area (Å²) < 4.78 is 0. The predicted molar refractivity (Wildman–Crippen MR) is 97.7 cm³/mol. The molecule has 2 amide bonds. The van der Waals surface area contributed by atoms with Gasteiger partial charge in [0.25, 0.3) is 11.6 Å². The smallest absolute Gasteiger partial charge is 0.278 e. The minimum atomic E-state index is -0.812. The first-order valence-electron chi connectivity index (χ1n) is 8.33. The van der Waals surface area contributed by atoms with Crippen LogP contribution in [-0.4, -0.2) is 34.3 Å². The van der Waals surface area contributed by atoms with E-state index in [1.165, 1.54) is 24.3 Å². The van der Waals surface area contributed by atoms with Crippen LogP contribution in [0.3, 0.4) is 0 Å².